The molecule has 1 rings (SSSR count). The van der Waals surface area contributed by atoms with Gasteiger partial charge in [0.25, 0.3) is 0 Å². The maximum atomic E-state index is 12.0. The number of rotatable bonds is 7. The Bertz CT molecular complexity index is 445. The smallest absolute Gasteiger partial charge is 0.318 e. The number of nitrogens with one attached hydrogen (secondary N) is 1. The first-order valence-electron chi connectivity index (χ1n) is 6.68. The fraction of sp³-hybridized carbons (Fsp3) is 0.429. The lowest BCUT2D eigenvalue weighted by molar-refractivity contribution is -0.118. The van der Waals surface area contributed by atoms with Crippen LogP contribution in [0.25, 0.3) is 0 Å². The lowest BCUT2D eigenvalue weighted by Gasteiger charge is -2.21. The summed E-state index contributed by atoms with van der Waals surface area (Å²) in [6.07, 6.45) is 1.89. The number of carbonyl (C=O) groups excluding carboxylic acids is 2. The minimum absolute atomic E-state index is 0.109. The number of anilines is 1. The zero-order valence-electron chi connectivity index (χ0n) is 11.8. The molecule has 5 N–H and O–H groups in total. The van der Waals surface area contributed by atoms with E-state index in [-0.39, 0.29) is 12.6 Å². The van der Waals surface area contributed by atoms with Gasteiger partial charge in [-0.25, -0.2) is 4.79 Å². The minimum Gasteiger partial charge on any atom is -0.399 e. The van der Waals surface area contributed by atoms with E-state index < -0.39 is 5.91 Å². The van der Waals surface area contributed by atoms with Gasteiger partial charge in [-0.3, -0.25) is 4.79 Å². The second-order valence-electron chi connectivity index (χ2n) is 4.65. The maximum absolute atomic E-state index is 12.0. The molecule has 0 saturated heterocycles. The van der Waals surface area contributed by atoms with Crippen LogP contribution in [0.1, 0.15) is 25.3 Å². The van der Waals surface area contributed by atoms with Crippen LogP contribution in [-0.2, 0) is 11.3 Å². The molecular weight excluding hydrogens is 256 g/mol. The Morgan fingerprint density at radius 3 is 2.45 bits per heavy atom. The van der Waals surface area contributed by atoms with E-state index in [1.807, 2.05) is 19.1 Å². The molecule has 3 amide bonds. The Labute approximate surface area is 119 Å². The molecule has 20 heavy (non-hydrogen) atoms. The Balaban J connectivity index is 2.65. The van der Waals surface area contributed by atoms with E-state index in [1.54, 1.807) is 12.1 Å². The van der Waals surface area contributed by atoms with Crippen molar-refractivity contribution in [3.8, 4) is 0 Å². The molecule has 0 unspecified atom stereocenters. The van der Waals surface area contributed by atoms with E-state index >= 15 is 0 Å². The highest BCUT2D eigenvalue weighted by Gasteiger charge is 2.15. The SMILES string of the molecule is CCCCNC(=O)N(CC(N)=O)Cc1ccc(N)cc1. The number of unbranched alkanes of at least 4 members (excludes halogenated alkanes) is 1. The summed E-state index contributed by atoms with van der Waals surface area (Å²) in [7, 11) is 0. The number of nitrogens with two attached hydrogens (primary N) is 2. The van der Waals surface area contributed by atoms with Crippen LogP contribution in [0.2, 0.25) is 0 Å². The Kier molecular flexibility index (Phi) is 6.36. The second kappa shape index (κ2) is 8.04. The largest absolute Gasteiger partial charge is 0.399 e. The van der Waals surface area contributed by atoms with Crippen molar-refractivity contribution < 1.29 is 9.59 Å². The van der Waals surface area contributed by atoms with Crippen LogP contribution in [0, 0.1) is 0 Å². The van der Waals surface area contributed by atoms with Crippen LogP contribution in [0.3, 0.4) is 0 Å². The number of amides is 3. The average Bonchev–Trinajstić information content (AvgIpc) is 2.40. The van der Waals surface area contributed by atoms with Gasteiger partial charge in [-0.15, -0.1) is 0 Å². The molecule has 0 atom stereocenters. The molecule has 0 aromatic heterocycles. The van der Waals surface area contributed by atoms with Gasteiger partial charge < -0.3 is 21.7 Å². The Morgan fingerprint density at radius 1 is 1.25 bits per heavy atom. The molecule has 0 saturated carbocycles. The number of primary amides is 1. The van der Waals surface area contributed by atoms with Crippen molar-refractivity contribution in [2.45, 2.75) is 26.3 Å². The normalized spacial score (nSPS) is 10.1. The molecule has 0 aliphatic rings. The zero-order chi connectivity index (χ0) is 15.0. The number of nitrogen functional groups attached to an aromatic ring is 1. The average molecular weight is 278 g/mol. The molecule has 0 spiro atoms. The van der Waals surface area contributed by atoms with Crippen LogP contribution in [0.5, 0.6) is 0 Å². The van der Waals surface area contributed by atoms with Gasteiger partial charge in [0, 0.05) is 18.8 Å². The standard InChI is InChI=1S/C14H22N4O2/c1-2-3-8-17-14(20)18(10-13(16)19)9-11-4-6-12(15)7-5-11/h4-7H,2-3,8-10,15H2,1H3,(H2,16,19)(H,17,20). The number of carbonyl (C=O) groups is 2. The molecular formula is C14H22N4O2. The number of benzene rings is 1. The molecule has 0 radical (unpaired) electrons. The third kappa shape index (κ3) is 5.60. The first-order valence-corrected chi connectivity index (χ1v) is 6.68. The van der Waals surface area contributed by atoms with Crippen LogP contribution in [0.4, 0.5) is 10.5 Å². The van der Waals surface area contributed by atoms with E-state index in [2.05, 4.69) is 5.32 Å². The van der Waals surface area contributed by atoms with Crippen molar-refractivity contribution in [3.63, 3.8) is 0 Å². The van der Waals surface area contributed by atoms with E-state index in [9.17, 15) is 9.59 Å². The molecule has 0 bridgehead atoms. The topological polar surface area (TPSA) is 101 Å². The summed E-state index contributed by atoms with van der Waals surface area (Å²) in [6, 6.07) is 6.87. The summed E-state index contributed by atoms with van der Waals surface area (Å²) in [4.78, 5) is 24.5. The van der Waals surface area contributed by atoms with E-state index in [1.165, 1.54) is 4.90 Å². The van der Waals surface area contributed by atoms with Crippen molar-refractivity contribution in [2.75, 3.05) is 18.8 Å². The van der Waals surface area contributed by atoms with Crippen molar-refractivity contribution in [1.29, 1.82) is 0 Å². The van der Waals surface area contributed by atoms with Crippen molar-refractivity contribution in [1.82, 2.24) is 10.2 Å². The van der Waals surface area contributed by atoms with Gasteiger partial charge in [-0.05, 0) is 24.1 Å². The zero-order valence-corrected chi connectivity index (χ0v) is 11.8. The predicted octanol–water partition coefficient (Wildman–Crippen LogP) is 1.07. The highest BCUT2D eigenvalue weighted by atomic mass is 16.2. The van der Waals surface area contributed by atoms with Crippen LogP contribution in [-0.4, -0.2) is 29.9 Å². The molecule has 6 nitrogen and oxygen atoms in total. The number of urea groups is 1. The molecule has 110 valence electrons. The number of nitrogens with zero attached hydrogens (tertiary/aromatic N) is 1. The predicted molar refractivity (Wildman–Crippen MR) is 78.8 cm³/mol. The highest BCUT2D eigenvalue weighted by molar-refractivity contribution is 5.82. The third-order valence-electron chi connectivity index (χ3n) is 2.79. The summed E-state index contributed by atoms with van der Waals surface area (Å²) in [5.74, 6) is -0.536. The molecule has 1 aromatic carbocycles. The highest BCUT2D eigenvalue weighted by Crippen LogP contribution is 2.08. The fourth-order valence-electron chi connectivity index (χ4n) is 1.71. The number of hydrogen-bond donors (Lipinski definition) is 3. The lowest BCUT2D eigenvalue weighted by atomic mass is 10.2. The molecule has 0 fully saturated rings. The Morgan fingerprint density at radius 2 is 1.90 bits per heavy atom. The molecule has 0 heterocycles. The second-order valence-corrected chi connectivity index (χ2v) is 4.65. The fourth-order valence-corrected chi connectivity index (χ4v) is 1.71. The minimum atomic E-state index is -0.536. The summed E-state index contributed by atoms with van der Waals surface area (Å²) in [5.41, 5.74) is 12.3. The van der Waals surface area contributed by atoms with Crippen molar-refractivity contribution >= 4 is 17.6 Å². The lowest BCUT2D eigenvalue weighted by Crippen LogP contribution is -2.44. The molecule has 0 aliphatic heterocycles. The van der Waals surface area contributed by atoms with Crippen molar-refractivity contribution in [3.05, 3.63) is 29.8 Å². The van der Waals surface area contributed by atoms with E-state index in [4.69, 9.17) is 11.5 Å². The third-order valence-corrected chi connectivity index (χ3v) is 2.79. The first kappa shape index (κ1) is 15.8. The first-order chi connectivity index (χ1) is 9.52. The van der Waals surface area contributed by atoms with Crippen molar-refractivity contribution in [2.24, 2.45) is 5.73 Å². The van der Waals surface area contributed by atoms with Crippen LogP contribution >= 0.6 is 0 Å². The van der Waals surface area contributed by atoms with E-state index in [0.29, 0.717) is 18.8 Å². The summed E-state index contributed by atoms with van der Waals surface area (Å²) >= 11 is 0. The number of hydrogen-bond acceptors (Lipinski definition) is 3. The van der Waals surface area contributed by atoms with Crippen LogP contribution < -0.4 is 16.8 Å². The van der Waals surface area contributed by atoms with Crippen LogP contribution in [0.15, 0.2) is 24.3 Å². The van der Waals surface area contributed by atoms with Gasteiger partial charge >= 0.3 is 6.03 Å². The Hall–Kier alpha value is -2.24. The molecule has 1 aromatic rings. The van der Waals surface area contributed by atoms with Gasteiger partial charge in [0.1, 0.15) is 6.54 Å². The van der Waals surface area contributed by atoms with Gasteiger partial charge in [0.2, 0.25) is 5.91 Å². The molecule has 0 aliphatic carbocycles. The van der Waals surface area contributed by atoms with Gasteiger partial charge in [-0.1, -0.05) is 25.5 Å². The van der Waals surface area contributed by atoms with Gasteiger partial charge in [0.15, 0.2) is 0 Å². The maximum Gasteiger partial charge on any atom is 0.318 e. The van der Waals surface area contributed by atoms with Gasteiger partial charge in [0.05, 0.1) is 0 Å². The summed E-state index contributed by atoms with van der Waals surface area (Å²) < 4.78 is 0. The summed E-state index contributed by atoms with van der Waals surface area (Å²) in [6.45, 7) is 2.84. The summed E-state index contributed by atoms with van der Waals surface area (Å²) in [5, 5.41) is 2.78. The monoisotopic (exact) mass is 278 g/mol. The van der Waals surface area contributed by atoms with Gasteiger partial charge in [-0.2, -0.15) is 0 Å². The molecule has 6 heteroatoms. The quantitative estimate of drug-likeness (QED) is 0.513. The van der Waals surface area contributed by atoms with E-state index in [0.717, 1.165) is 18.4 Å².